The predicted octanol–water partition coefficient (Wildman–Crippen LogP) is 3.19. The van der Waals surface area contributed by atoms with Gasteiger partial charge in [0.2, 0.25) is 15.9 Å². The van der Waals surface area contributed by atoms with Gasteiger partial charge in [-0.3, -0.25) is 4.79 Å². The highest BCUT2D eigenvalue weighted by Crippen LogP contribution is 2.21. The lowest BCUT2D eigenvalue weighted by Crippen LogP contribution is -2.27. The van der Waals surface area contributed by atoms with Crippen LogP contribution in [0.3, 0.4) is 0 Å². The van der Waals surface area contributed by atoms with Crippen molar-refractivity contribution in [3.8, 4) is 0 Å². The Labute approximate surface area is 160 Å². The smallest absolute Gasteiger partial charge is 0.244 e. The maximum absolute atomic E-state index is 12.5. The predicted molar refractivity (Wildman–Crippen MR) is 106 cm³/mol. The summed E-state index contributed by atoms with van der Waals surface area (Å²) in [6.45, 7) is 3.43. The fourth-order valence-corrected chi connectivity index (χ4v) is 4.60. The van der Waals surface area contributed by atoms with Gasteiger partial charge in [0.25, 0.3) is 0 Å². The maximum atomic E-state index is 12.5. The largest absolute Gasteiger partial charge is 0.348 e. The first-order valence-electron chi connectivity index (χ1n) is 9.07. The van der Waals surface area contributed by atoms with Gasteiger partial charge in [-0.05, 0) is 48.6 Å². The first-order valence-corrected chi connectivity index (χ1v) is 10.5. The number of nitrogens with zero attached hydrogens (tertiary/aromatic N) is 1. The zero-order valence-electron chi connectivity index (χ0n) is 15.4. The lowest BCUT2D eigenvalue weighted by atomic mass is 10.1. The van der Waals surface area contributed by atoms with E-state index in [4.69, 9.17) is 0 Å². The number of rotatable bonds is 6. The Balaban J connectivity index is 1.59. The molecule has 1 amide bonds. The van der Waals surface area contributed by atoms with Crippen molar-refractivity contribution in [2.24, 2.45) is 0 Å². The van der Waals surface area contributed by atoms with E-state index >= 15 is 0 Å². The van der Waals surface area contributed by atoms with E-state index in [0.29, 0.717) is 24.5 Å². The Bertz CT molecular complexity index is 914. The molecule has 1 aliphatic rings. The Morgan fingerprint density at radius 2 is 1.67 bits per heavy atom. The second-order valence-electron chi connectivity index (χ2n) is 6.67. The lowest BCUT2D eigenvalue weighted by Gasteiger charge is -2.15. The van der Waals surface area contributed by atoms with Crippen molar-refractivity contribution in [1.82, 2.24) is 9.62 Å². The summed E-state index contributed by atoms with van der Waals surface area (Å²) in [6.07, 6.45) is 3.40. The number of amides is 1. The molecule has 1 heterocycles. The third-order valence-electron chi connectivity index (χ3n) is 4.67. The molecule has 0 spiro atoms. The van der Waals surface area contributed by atoms with Crippen LogP contribution in [0.15, 0.2) is 65.6 Å². The fourth-order valence-electron chi connectivity index (χ4n) is 3.08. The van der Waals surface area contributed by atoms with Crippen LogP contribution in [0, 0.1) is 0 Å². The number of hydrogen-bond donors (Lipinski definition) is 1. The van der Waals surface area contributed by atoms with Gasteiger partial charge in [-0.2, -0.15) is 4.31 Å². The minimum Gasteiger partial charge on any atom is -0.348 e. The highest BCUT2D eigenvalue weighted by atomic mass is 32.2. The summed E-state index contributed by atoms with van der Waals surface area (Å²) in [7, 11) is -3.40. The van der Waals surface area contributed by atoms with E-state index in [2.05, 4.69) is 5.32 Å². The SMILES string of the molecule is C/C(=C\C(=O)NCc1ccc(S(=O)(=O)N2CCCC2)cc1)c1ccccc1. The average molecular weight is 385 g/mol. The molecule has 2 aromatic carbocycles. The summed E-state index contributed by atoms with van der Waals surface area (Å²) in [6, 6.07) is 16.4. The van der Waals surface area contributed by atoms with E-state index in [1.54, 1.807) is 30.3 Å². The molecule has 142 valence electrons. The number of hydrogen-bond acceptors (Lipinski definition) is 3. The zero-order valence-corrected chi connectivity index (χ0v) is 16.2. The van der Waals surface area contributed by atoms with Crippen LogP contribution in [-0.2, 0) is 21.4 Å². The Kier molecular flexibility index (Phi) is 6.08. The van der Waals surface area contributed by atoms with Crippen LogP contribution >= 0.6 is 0 Å². The average Bonchev–Trinajstić information content (AvgIpc) is 3.23. The van der Waals surface area contributed by atoms with E-state index in [9.17, 15) is 13.2 Å². The van der Waals surface area contributed by atoms with E-state index in [-0.39, 0.29) is 5.91 Å². The molecule has 0 aromatic heterocycles. The molecule has 3 rings (SSSR count). The fraction of sp³-hybridized carbons (Fsp3) is 0.286. The molecule has 27 heavy (non-hydrogen) atoms. The molecule has 0 bridgehead atoms. The Hall–Kier alpha value is -2.44. The molecule has 1 N–H and O–H groups in total. The topological polar surface area (TPSA) is 66.5 Å². The van der Waals surface area contributed by atoms with Crippen LogP contribution in [0.1, 0.15) is 30.9 Å². The van der Waals surface area contributed by atoms with Crippen molar-refractivity contribution in [3.63, 3.8) is 0 Å². The van der Waals surface area contributed by atoms with Crippen molar-refractivity contribution in [2.75, 3.05) is 13.1 Å². The minimum absolute atomic E-state index is 0.176. The van der Waals surface area contributed by atoms with Crippen molar-refractivity contribution >= 4 is 21.5 Å². The Morgan fingerprint density at radius 3 is 2.30 bits per heavy atom. The summed E-state index contributed by atoms with van der Waals surface area (Å²) >= 11 is 0. The van der Waals surface area contributed by atoms with Crippen LogP contribution in [0.5, 0.6) is 0 Å². The molecule has 6 heteroatoms. The third kappa shape index (κ3) is 4.84. The lowest BCUT2D eigenvalue weighted by molar-refractivity contribution is -0.116. The van der Waals surface area contributed by atoms with Crippen LogP contribution in [-0.4, -0.2) is 31.7 Å². The molecule has 0 unspecified atom stereocenters. The molecule has 0 atom stereocenters. The number of nitrogens with one attached hydrogen (secondary N) is 1. The van der Waals surface area contributed by atoms with Gasteiger partial charge < -0.3 is 5.32 Å². The molecular weight excluding hydrogens is 360 g/mol. The number of carbonyl (C=O) groups is 1. The molecule has 5 nitrogen and oxygen atoms in total. The molecule has 1 fully saturated rings. The summed E-state index contributed by atoms with van der Waals surface area (Å²) in [4.78, 5) is 12.4. The monoisotopic (exact) mass is 384 g/mol. The summed E-state index contributed by atoms with van der Waals surface area (Å²) < 4.78 is 26.6. The number of carbonyl (C=O) groups excluding carboxylic acids is 1. The van der Waals surface area contributed by atoms with Gasteiger partial charge >= 0.3 is 0 Å². The van der Waals surface area contributed by atoms with Gasteiger partial charge in [0.15, 0.2) is 0 Å². The van der Waals surface area contributed by atoms with Gasteiger partial charge in [-0.25, -0.2) is 8.42 Å². The van der Waals surface area contributed by atoms with Gasteiger partial charge in [-0.1, -0.05) is 42.5 Å². The van der Waals surface area contributed by atoms with Gasteiger partial charge in [0.05, 0.1) is 4.90 Å². The van der Waals surface area contributed by atoms with Gasteiger partial charge in [-0.15, -0.1) is 0 Å². The van der Waals surface area contributed by atoms with Crippen molar-refractivity contribution in [1.29, 1.82) is 0 Å². The summed E-state index contributed by atoms with van der Waals surface area (Å²) in [5.41, 5.74) is 2.75. The van der Waals surface area contributed by atoms with Crippen LogP contribution in [0.4, 0.5) is 0 Å². The quantitative estimate of drug-likeness (QED) is 0.778. The van der Waals surface area contributed by atoms with Crippen LogP contribution in [0.25, 0.3) is 5.57 Å². The second-order valence-corrected chi connectivity index (χ2v) is 8.60. The second kappa shape index (κ2) is 8.50. The molecule has 0 aliphatic carbocycles. The van der Waals surface area contributed by atoms with E-state index in [1.165, 1.54) is 4.31 Å². The van der Waals surface area contributed by atoms with Crippen LogP contribution < -0.4 is 5.32 Å². The van der Waals surface area contributed by atoms with Crippen LogP contribution in [0.2, 0.25) is 0 Å². The molecule has 2 aromatic rings. The van der Waals surface area contributed by atoms with Crippen molar-refractivity contribution < 1.29 is 13.2 Å². The molecular formula is C21H24N2O3S. The molecule has 1 aliphatic heterocycles. The molecule has 0 saturated carbocycles. The van der Waals surface area contributed by atoms with E-state index in [0.717, 1.165) is 29.5 Å². The summed E-state index contributed by atoms with van der Waals surface area (Å²) in [5.74, 6) is -0.176. The summed E-state index contributed by atoms with van der Waals surface area (Å²) in [5, 5.41) is 2.84. The highest BCUT2D eigenvalue weighted by Gasteiger charge is 2.26. The van der Waals surface area contributed by atoms with E-state index < -0.39 is 10.0 Å². The highest BCUT2D eigenvalue weighted by molar-refractivity contribution is 7.89. The molecule has 0 radical (unpaired) electrons. The molecule has 1 saturated heterocycles. The van der Waals surface area contributed by atoms with E-state index in [1.807, 2.05) is 37.3 Å². The number of sulfonamides is 1. The maximum Gasteiger partial charge on any atom is 0.244 e. The number of allylic oxidation sites excluding steroid dienone is 1. The minimum atomic E-state index is -3.40. The Morgan fingerprint density at radius 1 is 1.04 bits per heavy atom. The normalized spacial score (nSPS) is 15.7. The first kappa shape index (κ1) is 19.3. The van der Waals surface area contributed by atoms with Gasteiger partial charge in [0.1, 0.15) is 0 Å². The standard InChI is InChI=1S/C21H24N2O3S/c1-17(19-7-3-2-4-8-19)15-21(24)22-16-18-9-11-20(12-10-18)27(25,26)23-13-5-6-14-23/h2-4,7-12,15H,5-6,13-14,16H2,1H3,(H,22,24)/b17-15+. The zero-order chi connectivity index (χ0) is 19.3. The first-order chi connectivity index (χ1) is 13.0. The number of benzene rings is 2. The third-order valence-corrected chi connectivity index (χ3v) is 6.58. The van der Waals surface area contributed by atoms with Crippen molar-refractivity contribution in [2.45, 2.75) is 31.2 Å². The van der Waals surface area contributed by atoms with Crippen molar-refractivity contribution in [3.05, 3.63) is 71.8 Å². The van der Waals surface area contributed by atoms with Gasteiger partial charge in [0, 0.05) is 25.7 Å².